The van der Waals surface area contributed by atoms with Crippen molar-refractivity contribution >= 4 is 23.1 Å². The van der Waals surface area contributed by atoms with E-state index in [9.17, 15) is 0 Å². The van der Waals surface area contributed by atoms with Crippen molar-refractivity contribution in [3.63, 3.8) is 0 Å². The number of aryl methyl sites for hydroxylation is 1. The van der Waals surface area contributed by atoms with E-state index in [1.165, 1.54) is 6.42 Å². The van der Waals surface area contributed by atoms with E-state index in [2.05, 4.69) is 15.5 Å². The molecule has 1 saturated heterocycles. The maximum absolute atomic E-state index is 4.08. The van der Waals surface area contributed by atoms with Crippen molar-refractivity contribution in [2.24, 2.45) is 0 Å². The Bertz CT molecular complexity index is 255. The number of nitrogens with one attached hydrogen (secondary N) is 1. The summed E-state index contributed by atoms with van der Waals surface area (Å²) in [6.45, 7) is 4.26. The van der Waals surface area contributed by atoms with Crippen molar-refractivity contribution in [3.05, 3.63) is 5.01 Å². The van der Waals surface area contributed by atoms with E-state index in [0.717, 1.165) is 22.4 Å². The Balaban J connectivity index is 1.94. The zero-order chi connectivity index (χ0) is 8.39. The number of thioether (sulfide) groups is 1. The second kappa shape index (κ2) is 3.72. The van der Waals surface area contributed by atoms with Crippen LogP contribution in [0.1, 0.15) is 11.4 Å². The summed E-state index contributed by atoms with van der Waals surface area (Å²) in [6.07, 6.45) is 1.25. The molecule has 3 nitrogen and oxygen atoms in total. The molecule has 0 unspecified atom stereocenters. The first kappa shape index (κ1) is 8.47. The number of hydrogen-bond acceptors (Lipinski definition) is 5. The molecule has 2 rings (SSSR count). The minimum Gasteiger partial charge on any atom is -0.316 e. The Kier molecular flexibility index (Phi) is 2.63. The average Bonchev–Trinajstić information content (AvgIpc) is 2.63. The molecule has 0 radical (unpaired) electrons. The summed E-state index contributed by atoms with van der Waals surface area (Å²) in [7, 11) is 0. The highest BCUT2D eigenvalue weighted by Gasteiger charge is 2.17. The highest BCUT2D eigenvalue weighted by molar-refractivity contribution is 8.01. The molecule has 1 fully saturated rings. The van der Waals surface area contributed by atoms with Crippen LogP contribution in [-0.4, -0.2) is 28.5 Å². The molecule has 1 aromatic heterocycles. The predicted molar refractivity (Wildman–Crippen MR) is 51.8 cm³/mol. The van der Waals surface area contributed by atoms with E-state index in [1.807, 2.05) is 18.7 Å². The number of hydrogen-bond donors (Lipinski definition) is 1. The topological polar surface area (TPSA) is 37.8 Å². The SMILES string of the molecule is Cc1nnc(S[C@H]2CCNC2)s1. The van der Waals surface area contributed by atoms with Gasteiger partial charge in [-0.25, -0.2) is 0 Å². The summed E-state index contributed by atoms with van der Waals surface area (Å²) in [6, 6.07) is 0. The smallest absolute Gasteiger partial charge is 0.174 e. The number of aromatic nitrogens is 2. The molecule has 12 heavy (non-hydrogen) atoms. The molecule has 0 saturated carbocycles. The Morgan fingerprint density at radius 2 is 2.50 bits per heavy atom. The van der Waals surface area contributed by atoms with Crippen molar-refractivity contribution in [2.45, 2.75) is 22.9 Å². The molecule has 1 atom stereocenters. The molecule has 1 aliphatic rings. The van der Waals surface area contributed by atoms with Crippen LogP contribution in [0.4, 0.5) is 0 Å². The Labute approximate surface area is 80.0 Å². The molecule has 0 aliphatic carbocycles. The Hall–Kier alpha value is -0.130. The van der Waals surface area contributed by atoms with Crippen LogP contribution in [0.15, 0.2) is 4.34 Å². The lowest BCUT2D eigenvalue weighted by molar-refractivity contribution is 0.858. The zero-order valence-corrected chi connectivity index (χ0v) is 8.54. The second-order valence-corrected chi connectivity index (χ2v) is 5.55. The normalized spacial score (nSPS) is 23.2. The molecular weight excluding hydrogens is 190 g/mol. The van der Waals surface area contributed by atoms with Crippen LogP contribution >= 0.6 is 23.1 Å². The standard InChI is InChI=1S/C7H11N3S2/c1-5-9-10-7(11-5)12-6-2-3-8-4-6/h6,8H,2-4H2,1H3/t6-/m0/s1. The van der Waals surface area contributed by atoms with Crippen LogP contribution in [-0.2, 0) is 0 Å². The summed E-state index contributed by atoms with van der Waals surface area (Å²) < 4.78 is 1.11. The van der Waals surface area contributed by atoms with Gasteiger partial charge in [0, 0.05) is 11.8 Å². The van der Waals surface area contributed by atoms with Crippen molar-refractivity contribution in [1.29, 1.82) is 0 Å². The molecule has 1 aliphatic heterocycles. The Morgan fingerprint density at radius 3 is 3.08 bits per heavy atom. The molecule has 0 bridgehead atoms. The molecule has 0 aromatic carbocycles. The molecule has 0 amide bonds. The van der Waals surface area contributed by atoms with Crippen LogP contribution in [0.25, 0.3) is 0 Å². The summed E-state index contributed by atoms with van der Waals surface area (Å²) in [5.74, 6) is 0. The Morgan fingerprint density at radius 1 is 1.58 bits per heavy atom. The van der Waals surface area contributed by atoms with Crippen LogP contribution in [0, 0.1) is 6.92 Å². The third-order valence-corrected chi connectivity index (χ3v) is 3.98. The summed E-state index contributed by atoms with van der Waals surface area (Å²) >= 11 is 3.54. The first-order valence-corrected chi connectivity index (χ1v) is 5.72. The highest BCUT2D eigenvalue weighted by Crippen LogP contribution is 2.28. The van der Waals surface area contributed by atoms with Crippen LogP contribution < -0.4 is 5.32 Å². The van der Waals surface area contributed by atoms with Crippen molar-refractivity contribution in [2.75, 3.05) is 13.1 Å². The lowest BCUT2D eigenvalue weighted by Gasteiger charge is -2.02. The molecule has 5 heteroatoms. The van der Waals surface area contributed by atoms with Gasteiger partial charge in [-0.3, -0.25) is 0 Å². The van der Waals surface area contributed by atoms with Gasteiger partial charge in [0.2, 0.25) is 0 Å². The summed E-state index contributed by atoms with van der Waals surface area (Å²) in [5, 5.41) is 13.2. The van der Waals surface area contributed by atoms with Crippen molar-refractivity contribution in [3.8, 4) is 0 Å². The van der Waals surface area contributed by atoms with E-state index in [0.29, 0.717) is 5.25 Å². The second-order valence-electron chi connectivity index (χ2n) is 2.82. The van der Waals surface area contributed by atoms with Gasteiger partial charge in [-0.15, -0.1) is 10.2 Å². The summed E-state index contributed by atoms with van der Waals surface area (Å²) in [5.41, 5.74) is 0. The van der Waals surface area contributed by atoms with Gasteiger partial charge in [0.25, 0.3) is 0 Å². The number of rotatable bonds is 2. The fraction of sp³-hybridized carbons (Fsp3) is 0.714. The molecule has 66 valence electrons. The van der Waals surface area contributed by atoms with Crippen molar-refractivity contribution < 1.29 is 0 Å². The lowest BCUT2D eigenvalue weighted by atomic mass is 10.4. The van der Waals surface area contributed by atoms with Gasteiger partial charge in [0.1, 0.15) is 5.01 Å². The largest absolute Gasteiger partial charge is 0.316 e. The first-order valence-electron chi connectivity index (χ1n) is 4.02. The third-order valence-electron chi connectivity index (χ3n) is 1.79. The minimum atomic E-state index is 0.706. The number of nitrogens with zero attached hydrogens (tertiary/aromatic N) is 2. The van der Waals surface area contributed by atoms with E-state index in [1.54, 1.807) is 11.3 Å². The van der Waals surface area contributed by atoms with Gasteiger partial charge < -0.3 is 5.32 Å². The maximum Gasteiger partial charge on any atom is 0.174 e. The third kappa shape index (κ3) is 1.97. The average molecular weight is 201 g/mol. The minimum absolute atomic E-state index is 0.706. The maximum atomic E-state index is 4.08. The highest BCUT2D eigenvalue weighted by atomic mass is 32.2. The van der Waals surface area contributed by atoms with Crippen LogP contribution in [0.5, 0.6) is 0 Å². The van der Waals surface area contributed by atoms with Crippen LogP contribution in [0.2, 0.25) is 0 Å². The van der Waals surface area contributed by atoms with Crippen molar-refractivity contribution in [1.82, 2.24) is 15.5 Å². The quantitative estimate of drug-likeness (QED) is 0.782. The van der Waals surface area contributed by atoms with Gasteiger partial charge >= 0.3 is 0 Å². The molecule has 0 spiro atoms. The fourth-order valence-corrected chi connectivity index (χ4v) is 3.39. The van der Waals surface area contributed by atoms with Gasteiger partial charge in [-0.05, 0) is 19.9 Å². The van der Waals surface area contributed by atoms with Crippen LogP contribution in [0.3, 0.4) is 0 Å². The molecule has 1 aromatic rings. The molecule has 2 heterocycles. The van der Waals surface area contributed by atoms with E-state index >= 15 is 0 Å². The molecular formula is C7H11N3S2. The van der Waals surface area contributed by atoms with Gasteiger partial charge in [-0.2, -0.15) is 0 Å². The zero-order valence-electron chi connectivity index (χ0n) is 6.91. The van der Waals surface area contributed by atoms with Gasteiger partial charge in [0.15, 0.2) is 4.34 Å². The van der Waals surface area contributed by atoms with Gasteiger partial charge in [0.05, 0.1) is 0 Å². The predicted octanol–water partition coefficient (Wildman–Crippen LogP) is 1.30. The fourth-order valence-electron chi connectivity index (χ4n) is 1.20. The van der Waals surface area contributed by atoms with E-state index in [-0.39, 0.29) is 0 Å². The lowest BCUT2D eigenvalue weighted by Crippen LogP contribution is -2.09. The summed E-state index contributed by atoms with van der Waals surface area (Å²) in [4.78, 5) is 0. The van der Waals surface area contributed by atoms with E-state index < -0.39 is 0 Å². The first-order chi connectivity index (χ1) is 5.84. The molecule has 1 N–H and O–H groups in total. The van der Waals surface area contributed by atoms with E-state index in [4.69, 9.17) is 0 Å². The van der Waals surface area contributed by atoms with Gasteiger partial charge in [-0.1, -0.05) is 23.1 Å². The monoisotopic (exact) mass is 201 g/mol.